The quantitative estimate of drug-likeness (QED) is 0.350. The second-order valence-electron chi connectivity index (χ2n) is 9.01. The Balaban J connectivity index is 1.64. The molecule has 2 aliphatic heterocycles. The first-order valence-corrected chi connectivity index (χ1v) is 13.5. The highest BCUT2D eigenvalue weighted by molar-refractivity contribution is 7.89. The third kappa shape index (κ3) is 4.21. The van der Waals surface area contributed by atoms with E-state index in [9.17, 15) is 8.42 Å². The van der Waals surface area contributed by atoms with Crippen molar-refractivity contribution in [2.75, 3.05) is 0 Å². The Hall–Kier alpha value is -4.55. The Bertz CT molecular complexity index is 1670. The van der Waals surface area contributed by atoms with E-state index in [-0.39, 0.29) is 4.90 Å². The second kappa shape index (κ2) is 9.15. The van der Waals surface area contributed by atoms with E-state index in [1.807, 2.05) is 90.9 Å². The Morgan fingerprint density at radius 1 is 0.730 bits per heavy atom. The summed E-state index contributed by atoms with van der Waals surface area (Å²) in [5.41, 5.74) is 11.2. The van der Waals surface area contributed by atoms with Crippen LogP contribution in [0.25, 0.3) is 23.0 Å². The number of nitrogens with zero attached hydrogens (tertiary/aromatic N) is 1. The predicted molar refractivity (Wildman–Crippen MR) is 149 cm³/mol. The van der Waals surface area contributed by atoms with Crippen molar-refractivity contribution in [1.82, 2.24) is 15.2 Å². The molecule has 0 saturated heterocycles. The number of sulfonamides is 1. The monoisotopic (exact) mass is 503 g/mol. The second-order valence-corrected chi connectivity index (χ2v) is 10.7. The Morgan fingerprint density at radius 2 is 1.35 bits per heavy atom. The fourth-order valence-electron chi connectivity index (χ4n) is 4.70. The molecule has 6 rings (SSSR count). The normalized spacial score (nSPS) is 14.7. The van der Waals surface area contributed by atoms with Gasteiger partial charge in [0.15, 0.2) is 0 Å². The van der Waals surface area contributed by atoms with Crippen molar-refractivity contribution in [1.29, 1.82) is 0 Å². The highest BCUT2D eigenvalue weighted by atomic mass is 32.2. The van der Waals surface area contributed by atoms with Crippen LogP contribution in [0.3, 0.4) is 0 Å². The zero-order valence-corrected chi connectivity index (χ0v) is 21.0. The van der Waals surface area contributed by atoms with Crippen molar-refractivity contribution in [3.63, 3.8) is 0 Å². The van der Waals surface area contributed by atoms with Crippen molar-refractivity contribution in [3.05, 3.63) is 149 Å². The van der Waals surface area contributed by atoms with Gasteiger partial charge in [-0.05, 0) is 36.3 Å². The van der Waals surface area contributed by atoms with Gasteiger partial charge in [-0.2, -0.15) is 0 Å². The van der Waals surface area contributed by atoms with Crippen LogP contribution in [0.15, 0.2) is 126 Å². The molecule has 0 aromatic heterocycles. The highest BCUT2D eigenvalue weighted by Crippen LogP contribution is 2.43. The summed E-state index contributed by atoms with van der Waals surface area (Å²) in [6, 6.07) is 34.7. The molecule has 4 aromatic carbocycles. The van der Waals surface area contributed by atoms with E-state index in [1.165, 1.54) is 0 Å². The molecule has 182 valence electrons. The molecule has 5 nitrogen and oxygen atoms in total. The zero-order chi connectivity index (χ0) is 25.4. The molecule has 0 radical (unpaired) electrons. The molecule has 37 heavy (non-hydrogen) atoms. The summed E-state index contributed by atoms with van der Waals surface area (Å²) < 4.78 is 30.5. The smallest absolute Gasteiger partial charge is 0.261 e. The van der Waals surface area contributed by atoms with Crippen molar-refractivity contribution in [3.8, 4) is 0 Å². The molecule has 0 spiro atoms. The van der Waals surface area contributed by atoms with Crippen LogP contribution in [0.4, 0.5) is 0 Å². The van der Waals surface area contributed by atoms with E-state index in [4.69, 9.17) is 0 Å². The lowest BCUT2D eigenvalue weighted by Gasteiger charge is -2.38. The third-order valence-corrected chi connectivity index (χ3v) is 7.89. The van der Waals surface area contributed by atoms with Crippen molar-refractivity contribution >= 4 is 33.1 Å². The number of benzene rings is 4. The first-order valence-electron chi connectivity index (χ1n) is 12.0. The fraction of sp³-hybridized carbons (Fsp3) is 0.0323. The van der Waals surface area contributed by atoms with E-state index < -0.39 is 10.0 Å². The summed E-state index contributed by atoms with van der Waals surface area (Å²) in [5, 5.41) is 1.97. The summed E-state index contributed by atoms with van der Waals surface area (Å²) in [4.78, 5) is 0.210. The number of rotatable bonds is 5. The maximum Gasteiger partial charge on any atom is 0.261 e. The molecule has 0 bridgehead atoms. The SMILES string of the molecule is Cc1ccc(S(=O)(=O)NC2=C(c3ccccc3)NN3C=Cc4ccccc4C3=C2c2ccccc2)cc1. The Kier molecular flexibility index (Phi) is 5.66. The van der Waals surface area contributed by atoms with E-state index in [2.05, 4.69) is 28.4 Å². The van der Waals surface area contributed by atoms with E-state index >= 15 is 0 Å². The van der Waals surface area contributed by atoms with E-state index in [1.54, 1.807) is 24.3 Å². The van der Waals surface area contributed by atoms with E-state index in [0.29, 0.717) is 11.4 Å². The maximum absolute atomic E-state index is 13.7. The lowest BCUT2D eigenvalue weighted by molar-refractivity contribution is 0.462. The van der Waals surface area contributed by atoms with Crippen LogP contribution in [-0.2, 0) is 10.0 Å². The molecule has 0 atom stereocenters. The van der Waals surface area contributed by atoms with Crippen LogP contribution in [-0.4, -0.2) is 13.4 Å². The van der Waals surface area contributed by atoms with Gasteiger partial charge in [-0.15, -0.1) is 0 Å². The summed E-state index contributed by atoms with van der Waals surface area (Å²) in [6.45, 7) is 1.94. The first kappa shape index (κ1) is 22.9. The van der Waals surface area contributed by atoms with Crippen molar-refractivity contribution in [2.24, 2.45) is 0 Å². The van der Waals surface area contributed by atoms with Gasteiger partial charge in [0.1, 0.15) is 0 Å². The number of hydrogen-bond acceptors (Lipinski definition) is 4. The van der Waals surface area contributed by atoms with Gasteiger partial charge < -0.3 is 0 Å². The lowest BCUT2D eigenvalue weighted by atomic mass is 9.90. The molecular weight excluding hydrogens is 478 g/mol. The van der Waals surface area contributed by atoms with Gasteiger partial charge in [-0.3, -0.25) is 15.2 Å². The minimum Gasteiger partial charge on any atom is -0.292 e. The van der Waals surface area contributed by atoms with Gasteiger partial charge in [0.05, 0.1) is 22.0 Å². The molecule has 0 unspecified atom stereocenters. The molecule has 0 saturated carbocycles. The Morgan fingerprint density at radius 3 is 2.05 bits per heavy atom. The summed E-state index contributed by atoms with van der Waals surface area (Å²) in [5.74, 6) is 0. The minimum absolute atomic E-state index is 0.210. The standard InChI is InChI=1S/C31H25N3O2S/c1-22-16-18-26(19-17-22)37(35,36)33-30-28(24-11-4-2-5-12-24)31-27-15-9-8-10-23(27)20-21-34(31)32-29(30)25-13-6-3-7-14-25/h2-21,32-33H,1H3. The van der Waals surface area contributed by atoms with Crippen LogP contribution in [0.5, 0.6) is 0 Å². The topological polar surface area (TPSA) is 61.4 Å². The highest BCUT2D eigenvalue weighted by Gasteiger charge is 2.33. The molecule has 2 heterocycles. The van der Waals surface area contributed by atoms with Gasteiger partial charge in [0.2, 0.25) is 0 Å². The van der Waals surface area contributed by atoms with Crippen molar-refractivity contribution < 1.29 is 8.42 Å². The molecule has 0 aliphatic carbocycles. The average Bonchev–Trinajstić information content (AvgIpc) is 2.93. The van der Waals surface area contributed by atoms with Gasteiger partial charge in [-0.25, -0.2) is 8.42 Å². The summed E-state index contributed by atoms with van der Waals surface area (Å²) in [6.07, 6.45) is 4.04. The third-order valence-electron chi connectivity index (χ3n) is 6.52. The Labute approximate surface area is 217 Å². The number of allylic oxidation sites excluding steroid dienone is 1. The van der Waals surface area contributed by atoms with Crippen LogP contribution >= 0.6 is 0 Å². The van der Waals surface area contributed by atoms with Crippen molar-refractivity contribution in [2.45, 2.75) is 11.8 Å². The molecule has 2 N–H and O–H groups in total. The number of aryl methyl sites for hydroxylation is 1. The molecule has 4 aromatic rings. The molecule has 0 amide bonds. The lowest BCUT2D eigenvalue weighted by Crippen LogP contribution is -2.40. The number of hydrazine groups is 1. The van der Waals surface area contributed by atoms with Crippen LogP contribution < -0.4 is 10.1 Å². The summed E-state index contributed by atoms with van der Waals surface area (Å²) >= 11 is 0. The minimum atomic E-state index is -3.89. The average molecular weight is 504 g/mol. The van der Waals surface area contributed by atoms with Gasteiger partial charge >= 0.3 is 0 Å². The molecular formula is C31H25N3O2S. The molecule has 6 heteroatoms. The van der Waals surface area contributed by atoms with Gasteiger partial charge in [0, 0.05) is 22.9 Å². The fourth-order valence-corrected chi connectivity index (χ4v) is 5.78. The molecule has 0 fully saturated rings. The predicted octanol–water partition coefficient (Wildman–Crippen LogP) is 6.02. The number of fused-ring (bicyclic) bond motifs is 3. The van der Waals surface area contributed by atoms with Crippen LogP contribution in [0, 0.1) is 6.92 Å². The van der Waals surface area contributed by atoms with Crippen LogP contribution in [0.2, 0.25) is 0 Å². The number of hydrogen-bond donors (Lipinski definition) is 2. The molecule has 2 aliphatic rings. The van der Waals surface area contributed by atoms with Gasteiger partial charge in [-0.1, -0.05) is 103 Å². The maximum atomic E-state index is 13.7. The number of nitrogens with one attached hydrogen (secondary N) is 2. The largest absolute Gasteiger partial charge is 0.292 e. The first-order chi connectivity index (χ1) is 18.0. The summed E-state index contributed by atoms with van der Waals surface area (Å²) in [7, 11) is -3.89. The zero-order valence-electron chi connectivity index (χ0n) is 20.2. The van der Waals surface area contributed by atoms with E-state index in [0.717, 1.165) is 39.1 Å². The van der Waals surface area contributed by atoms with Crippen LogP contribution in [0.1, 0.15) is 27.8 Å². The van der Waals surface area contributed by atoms with Gasteiger partial charge in [0.25, 0.3) is 10.0 Å².